The van der Waals surface area contributed by atoms with Gasteiger partial charge in [-0.1, -0.05) is 6.92 Å². The van der Waals surface area contributed by atoms with Crippen molar-refractivity contribution in [2.24, 2.45) is 5.41 Å². The van der Waals surface area contributed by atoms with E-state index in [1.54, 1.807) is 0 Å². The van der Waals surface area contributed by atoms with Crippen molar-refractivity contribution in [3.8, 4) is 0 Å². The normalized spacial score (nSPS) is 22.1. The number of carbonyl (C=O) groups excluding carboxylic acids is 1. The lowest BCUT2D eigenvalue weighted by Crippen LogP contribution is -2.44. The molecule has 0 aromatic rings. The number of hydrogen-bond acceptors (Lipinski definition) is 3. The van der Waals surface area contributed by atoms with Gasteiger partial charge in [0.1, 0.15) is 0 Å². The topological polar surface area (TPSA) is 44.4 Å². The summed E-state index contributed by atoms with van der Waals surface area (Å²) in [6, 6.07) is 0. The predicted octanol–water partition coefficient (Wildman–Crippen LogP) is 1.01. The van der Waals surface area contributed by atoms with E-state index in [4.69, 9.17) is 0 Å². The molecule has 0 bridgehead atoms. The van der Waals surface area contributed by atoms with E-state index < -0.39 is 0 Å². The average molecular weight is 276 g/mol. The molecule has 4 nitrogen and oxygen atoms in total. The maximum Gasteiger partial charge on any atom is 0.226 e. The summed E-state index contributed by atoms with van der Waals surface area (Å²) in [5.41, 5.74) is 0.0229. The Balaban J connectivity index is 0.00000162. The maximum absolute atomic E-state index is 11.9. The molecular formula is C13H26ClN3O. The maximum atomic E-state index is 11.9. The molecule has 0 unspecified atom stereocenters. The lowest BCUT2D eigenvalue weighted by atomic mass is 10.0. The molecule has 1 aliphatic carbocycles. The van der Waals surface area contributed by atoms with Crippen LogP contribution in [-0.2, 0) is 4.79 Å². The first-order valence-corrected chi connectivity index (χ1v) is 6.98. The zero-order valence-electron chi connectivity index (χ0n) is 11.3. The molecule has 0 spiro atoms. The van der Waals surface area contributed by atoms with Gasteiger partial charge in [-0.2, -0.15) is 0 Å². The third-order valence-corrected chi connectivity index (χ3v) is 4.16. The Kier molecular flexibility index (Phi) is 6.39. The molecule has 2 rings (SSSR count). The number of nitrogens with one attached hydrogen (secondary N) is 2. The third kappa shape index (κ3) is 4.11. The van der Waals surface area contributed by atoms with Crippen LogP contribution in [0.15, 0.2) is 0 Å². The lowest BCUT2D eigenvalue weighted by molar-refractivity contribution is -0.126. The van der Waals surface area contributed by atoms with Crippen molar-refractivity contribution in [2.45, 2.75) is 32.6 Å². The molecule has 2 fully saturated rings. The fourth-order valence-corrected chi connectivity index (χ4v) is 2.52. The summed E-state index contributed by atoms with van der Waals surface area (Å²) in [4.78, 5) is 14.3. The van der Waals surface area contributed by atoms with Gasteiger partial charge >= 0.3 is 0 Å². The summed E-state index contributed by atoms with van der Waals surface area (Å²) in [6.07, 6.45) is 4.25. The van der Waals surface area contributed by atoms with Gasteiger partial charge in [0.25, 0.3) is 0 Å². The van der Waals surface area contributed by atoms with Crippen LogP contribution in [0, 0.1) is 5.41 Å². The van der Waals surface area contributed by atoms with Gasteiger partial charge in [0.2, 0.25) is 5.91 Å². The molecule has 0 radical (unpaired) electrons. The zero-order valence-corrected chi connectivity index (χ0v) is 12.2. The van der Waals surface area contributed by atoms with Crippen molar-refractivity contribution in [1.29, 1.82) is 0 Å². The highest BCUT2D eigenvalue weighted by Gasteiger charge is 2.47. The van der Waals surface area contributed by atoms with Crippen molar-refractivity contribution in [2.75, 3.05) is 39.3 Å². The van der Waals surface area contributed by atoms with Gasteiger partial charge in [-0.15, -0.1) is 12.4 Å². The van der Waals surface area contributed by atoms with Crippen molar-refractivity contribution < 1.29 is 4.79 Å². The molecule has 0 aromatic carbocycles. The fourth-order valence-electron chi connectivity index (χ4n) is 2.52. The Morgan fingerprint density at radius 3 is 2.56 bits per heavy atom. The molecule has 1 saturated carbocycles. The Bertz CT molecular complexity index is 263. The van der Waals surface area contributed by atoms with Crippen LogP contribution in [0.5, 0.6) is 0 Å². The molecule has 106 valence electrons. The minimum Gasteiger partial charge on any atom is -0.356 e. The largest absolute Gasteiger partial charge is 0.356 e. The van der Waals surface area contributed by atoms with Crippen LogP contribution >= 0.6 is 12.4 Å². The molecule has 0 atom stereocenters. The minimum absolute atomic E-state index is 0. The summed E-state index contributed by atoms with van der Waals surface area (Å²) in [6.45, 7) is 8.56. The number of halogens is 1. The molecule has 2 aliphatic rings. The number of amides is 1. The second kappa shape index (κ2) is 7.31. The van der Waals surface area contributed by atoms with Crippen molar-refractivity contribution >= 4 is 18.3 Å². The van der Waals surface area contributed by atoms with Gasteiger partial charge in [0, 0.05) is 38.1 Å². The smallest absolute Gasteiger partial charge is 0.226 e. The van der Waals surface area contributed by atoms with E-state index in [9.17, 15) is 4.79 Å². The molecule has 1 amide bonds. The highest BCUT2D eigenvalue weighted by Crippen LogP contribution is 2.48. The summed E-state index contributed by atoms with van der Waals surface area (Å²) in [7, 11) is 0. The van der Waals surface area contributed by atoms with Crippen molar-refractivity contribution in [3.05, 3.63) is 0 Å². The van der Waals surface area contributed by atoms with Gasteiger partial charge in [0.05, 0.1) is 0 Å². The first-order valence-electron chi connectivity index (χ1n) is 6.98. The van der Waals surface area contributed by atoms with Crippen LogP contribution in [0.2, 0.25) is 0 Å². The summed E-state index contributed by atoms with van der Waals surface area (Å²) in [5, 5.41) is 6.44. The Morgan fingerprint density at radius 1 is 1.33 bits per heavy atom. The van der Waals surface area contributed by atoms with Crippen LogP contribution in [0.4, 0.5) is 0 Å². The molecule has 5 heteroatoms. The number of nitrogens with zero attached hydrogens (tertiary/aromatic N) is 1. The van der Waals surface area contributed by atoms with Gasteiger partial charge in [-0.3, -0.25) is 4.79 Å². The van der Waals surface area contributed by atoms with Crippen molar-refractivity contribution in [3.63, 3.8) is 0 Å². The molecule has 1 saturated heterocycles. The first-order chi connectivity index (χ1) is 8.27. The fraction of sp³-hybridized carbons (Fsp3) is 0.923. The summed E-state index contributed by atoms with van der Waals surface area (Å²) < 4.78 is 0. The van der Waals surface area contributed by atoms with E-state index >= 15 is 0 Å². The molecule has 1 aliphatic heterocycles. The quantitative estimate of drug-likeness (QED) is 0.711. The Labute approximate surface area is 116 Å². The van der Waals surface area contributed by atoms with Gasteiger partial charge in [-0.05, 0) is 32.2 Å². The van der Waals surface area contributed by atoms with E-state index in [1.807, 2.05) is 0 Å². The second-order valence-electron chi connectivity index (χ2n) is 5.33. The molecule has 1 heterocycles. The second-order valence-corrected chi connectivity index (χ2v) is 5.33. The SMILES string of the molecule is CCC1(C(=O)NCCCN2CCNCC2)CC1.Cl. The molecular weight excluding hydrogens is 250 g/mol. The molecule has 2 N–H and O–H groups in total. The number of rotatable bonds is 6. The predicted molar refractivity (Wildman–Crippen MR) is 76.1 cm³/mol. The standard InChI is InChI=1S/C13H25N3O.ClH/c1-2-13(4-5-13)12(17)15-6-3-9-16-10-7-14-8-11-16;/h14H,2-11H2,1H3,(H,15,17);1H. The number of hydrogen-bond donors (Lipinski definition) is 2. The van der Waals surface area contributed by atoms with E-state index in [0.29, 0.717) is 5.91 Å². The number of piperazine rings is 1. The van der Waals surface area contributed by atoms with Crippen LogP contribution in [-0.4, -0.2) is 50.1 Å². The third-order valence-electron chi connectivity index (χ3n) is 4.16. The van der Waals surface area contributed by atoms with E-state index in [-0.39, 0.29) is 17.8 Å². The van der Waals surface area contributed by atoms with E-state index in [2.05, 4.69) is 22.5 Å². The monoisotopic (exact) mass is 275 g/mol. The lowest BCUT2D eigenvalue weighted by Gasteiger charge is -2.27. The van der Waals surface area contributed by atoms with E-state index in [1.165, 1.54) is 0 Å². The van der Waals surface area contributed by atoms with Gasteiger partial charge < -0.3 is 15.5 Å². The van der Waals surface area contributed by atoms with Gasteiger partial charge in [-0.25, -0.2) is 0 Å². The highest BCUT2D eigenvalue weighted by atomic mass is 35.5. The molecule has 18 heavy (non-hydrogen) atoms. The van der Waals surface area contributed by atoms with Crippen LogP contribution in [0.1, 0.15) is 32.6 Å². The zero-order chi connectivity index (χ0) is 12.1. The summed E-state index contributed by atoms with van der Waals surface area (Å²) >= 11 is 0. The minimum atomic E-state index is 0. The van der Waals surface area contributed by atoms with Crippen LogP contribution in [0.25, 0.3) is 0 Å². The average Bonchev–Trinajstić information content (AvgIpc) is 3.17. The highest BCUT2D eigenvalue weighted by molar-refractivity contribution is 5.85. The van der Waals surface area contributed by atoms with Crippen LogP contribution < -0.4 is 10.6 Å². The molecule has 0 aromatic heterocycles. The number of carbonyl (C=O) groups is 1. The van der Waals surface area contributed by atoms with Gasteiger partial charge in [0.15, 0.2) is 0 Å². The van der Waals surface area contributed by atoms with Crippen molar-refractivity contribution in [1.82, 2.24) is 15.5 Å². The first kappa shape index (κ1) is 15.7. The van der Waals surface area contributed by atoms with Crippen LogP contribution in [0.3, 0.4) is 0 Å². The van der Waals surface area contributed by atoms with E-state index in [0.717, 1.165) is 65.0 Å². The Hall–Kier alpha value is -0.320. The summed E-state index contributed by atoms with van der Waals surface area (Å²) in [5.74, 6) is 0.292. The Morgan fingerprint density at radius 2 is 2.00 bits per heavy atom.